The van der Waals surface area contributed by atoms with Crippen molar-refractivity contribution in [2.45, 2.75) is 6.04 Å². The second-order valence-corrected chi connectivity index (χ2v) is 3.67. The molecule has 2 aromatic rings. The highest BCUT2D eigenvalue weighted by Gasteiger charge is 2.14. The van der Waals surface area contributed by atoms with Gasteiger partial charge in [-0.25, -0.2) is 14.8 Å². The third kappa shape index (κ3) is 2.17. The first-order chi connectivity index (χ1) is 7.31. The number of hydrogen-bond acceptors (Lipinski definition) is 5. The molecule has 1 atom stereocenters. The summed E-state index contributed by atoms with van der Waals surface area (Å²) in [6, 6.07) is 1.07. The van der Waals surface area contributed by atoms with E-state index in [0.29, 0.717) is 5.56 Å². The van der Waals surface area contributed by atoms with Crippen LogP contribution in [-0.2, 0) is 0 Å². The second-order valence-electron chi connectivity index (χ2n) is 2.95. The molecule has 0 aliphatic rings. The van der Waals surface area contributed by atoms with E-state index in [4.69, 9.17) is 5.84 Å². The summed E-state index contributed by atoms with van der Waals surface area (Å²) in [5.41, 5.74) is 5.70. The van der Waals surface area contributed by atoms with E-state index in [2.05, 4.69) is 15.4 Å². The molecule has 1 unspecified atom stereocenters. The zero-order chi connectivity index (χ0) is 10.7. The van der Waals surface area contributed by atoms with Crippen molar-refractivity contribution in [3.05, 3.63) is 46.4 Å². The number of nitrogens with zero attached hydrogens (tertiary/aromatic N) is 2. The summed E-state index contributed by atoms with van der Waals surface area (Å²) in [4.78, 5) is 7.89. The van der Waals surface area contributed by atoms with Gasteiger partial charge in [0.1, 0.15) is 5.82 Å². The maximum absolute atomic E-state index is 13.0. The fraction of sp³-hybridized carbons (Fsp3) is 0.111. The number of thiazole rings is 1. The van der Waals surface area contributed by atoms with Crippen LogP contribution in [0.1, 0.15) is 17.3 Å². The van der Waals surface area contributed by atoms with E-state index in [1.807, 2.05) is 5.38 Å². The topological polar surface area (TPSA) is 63.8 Å². The van der Waals surface area contributed by atoms with Gasteiger partial charge in [-0.05, 0) is 11.6 Å². The van der Waals surface area contributed by atoms with Crippen LogP contribution >= 0.6 is 11.3 Å². The van der Waals surface area contributed by atoms with Crippen molar-refractivity contribution in [2.75, 3.05) is 0 Å². The molecule has 0 spiro atoms. The molecular weight excluding hydrogens is 215 g/mol. The Hall–Kier alpha value is -1.37. The van der Waals surface area contributed by atoms with E-state index < -0.39 is 0 Å². The molecule has 2 aromatic heterocycles. The Morgan fingerprint density at radius 3 is 2.93 bits per heavy atom. The molecule has 0 amide bonds. The van der Waals surface area contributed by atoms with Crippen LogP contribution in [0.5, 0.6) is 0 Å². The van der Waals surface area contributed by atoms with Crippen molar-refractivity contribution in [2.24, 2.45) is 5.84 Å². The molecule has 0 bridgehead atoms. The molecule has 0 fully saturated rings. The smallest absolute Gasteiger partial charge is 0.141 e. The summed E-state index contributed by atoms with van der Waals surface area (Å²) >= 11 is 1.46. The van der Waals surface area contributed by atoms with Crippen molar-refractivity contribution >= 4 is 11.3 Å². The monoisotopic (exact) mass is 224 g/mol. The van der Waals surface area contributed by atoms with E-state index in [-0.39, 0.29) is 11.9 Å². The quantitative estimate of drug-likeness (QED) is 0.608. The highest BCUT2D eigenvalue weighted by atomic mass is 32.1. The Balaban J connectivity index is 2.35. The number of hydrogen-bond donors (Lipinski definition) is 2. The van der Waals surface area contributed by atoms with Gasteiger partial charge in [-0.2, -0.15) is 0 Å². The van der Waals surface area contributed by atoms with E-state index in [9.17, 15) is 4.39 Å². The van der Waals surface area contributed by atoms with Gasteiger partial charge >= 0.3 is 0 Å². The standard InChI is InChI=1S/C9H9FN4S/c10-7-1-6(2-12-3-7)9(14-11)8-4-15-5-13-8/h1-5,9,14H,11H2. The van der Waals surface area contributed by atoms with Crippen molar-refractivity contribution in [3.8, 4) is 0 Å². The lowest BCUT2D eigenvalue weighted by atomic mass is 10.1. The highest BCUT2D eigenvalue weighted by molar-refractivity contribution is 7.07. The number of halogens is 1. The summed E-state index contributed by atoms with van der Waals surface area (Å²) in [6.07, 6.45) is 2.71. The lowest BCUT2D eigenvalue weighted by Gasteiger charge is -2.13. The van der Waals surface area contributed by atoms with Crippen LogP contribution in [0.25, 0.3) is 0 Å². The van der Waals surface area contributed by atoms with Crippen LogP contribution in [0.4, 0.5) is 4.39 Å². The fourth-order valence-corrected chi connectivity index (χ4v) is 1.88. The molecule has 2 heterocycles. The number of hydrazine groups is 1. The van der Waals surface area contributed by atoms with Crippen LogP contribution in [0.3, 0.4) is 0 Å². The Morgan fingerprint density at radius 1 is 1.47 bits per heavy atom. The molecule has 78 valence electrons. The maximum atomic E-state index is 13.0. The third-order valence-electron chi connectivity index (χ3n) is 1.97. The first-order valence-corrected chi connectivity index (χ1v) is 5.20. The van der Waals surface area contributed by atoms with Crippen molar-refractivity contribution in [3.63, 3.8) is 0 Å². The van der Waals surface area contributed by atoms with Crippen LogP contribution < -0.4 is 11.3 Å². The van der Waals surface area contributed by atoms with Crippen LogP contribution in [0.2, 0.25) is 0 Å². The largest absolute Gasteiger partial charge is 0.271 e. The first kappa shape index (κ1) is 10.2. The van der Waals surface area contributed by atoms with Gasteiger partial charge in [0.2, 0.25) is 0 Å². The summed E-state index contributed by atoms with van der Waals surface area (Å²) in [7, 11) is 0. The van der Waals surface area contributed by atoms with E-state index in [1.54, 1.807) is 11.7 Å². The minimum absolute atomic E-state index is 0.320. The molecule has 4 nitrogen and oxygen atoms in total. The second kappa shape index (κ2) is 4.43. The Kier molecular flexibility index (Phi) is 3.00. The van der Waals surface area contributed by atoms with Gasteiger partial charge in [-0.15, -0.1) is 11.3 Å². The number of nitrogens with two attached hydrogens (primary N) is 1. The zero-order valence-corrected chi connectivity index (χ0v) is 8.54. The molecule has 3 N–H and O–H groups in total. The molecule has 15 heavy (non-hydrogen) atoms. The Labute approximate surface area is 90.0 Å². The van der Waals surface area contributed by atoms with Crippen LogP contribution in [0, 0.1) is 5.82 Å². The van der Waals surface area contributed by atoms with Crippen molar-refractivity contribution in [1.29, 1.82) is 0 Å². The first-order valence-electron chi connectivity index (χ1n) is 4.26. The summed E-state index contributed by atoms with van der Waals surface area (Å²) in [5, 5.41) is 1.86. The van der Waals surface area contributed by atoms with Gasteiger partial charge in [0.05, 0.1) is 23.4 Å². The third-order valence-corrected chi connectivity index (χ3v) is 2.58. The average molecular weight is 224 g/mol. The van der Waals surface area contributed by atoms with Crippen molar-refractivity contribution in [1.82, 2.24) is 15.4 Å². The van der Waals surface area contributed by atoms with E-state index in [0.717, 1.165) is 11.9 Å². The predicted molar refractivity (Wildman–Crippen MR) is 55.5 cm³/mol. The Bertz CT molecular complexity index is 431. The highest BCUT2D eigenvalue weighted by Crippen LogP contribution is 2.20. The van der Waals surface area contributed by atoms with Crippen molar-refractivity contribution < 1.29 is 4.39 Å². The molecule has 0 saturated carbocycles. The fourth-order valence-electron chi connectivity index (χ4n) is 1.30. The van der Waals surface area contributed by atoms with Gasteiger partial charge in [-0.3, -0.25) is 10.8 Å². The summed E-state index contributed by atoms with van der Waals surface area (Å²) < 4.78 is 13.0. The van der Waals surface area contributed by atoms with Gasteiger partial charge in [0.15, 0.2) is 0 Å². The number of rotatable bonds is 3. The molecule has 0 aliphatic heterocycles. The van der Waals surface area contributed by atoms with Crippen LogP contribution in [-0.4, -0.2) is 9.97 Å². The number of pyridine rings is 1. The Morgan fingerprint density at radius 2 is 2.33 bits per heavy atom. The number of nitrogens with one attached hydrogen (secondary N) is 1. The van der Waals surface area contributed by atoms with Gasteiger partial charge in [0.25, 0.3) is 0 Å². The zero-order valence-electron chi connectivity index (χ0n) is 7.72. The SMILES string of the molecule is NNC(c1cncc(F)c1)c1cscn1. The van der Waals surface area contributed by atoms with E-state index in [1.165, 1.54) is 17.4 Å². The van der Waals surface area contributed by atoms with Gasteiger partial charge in [-0.1, -0.05) is 0 Å². The summed E-state index contributed by atoms with van der Waals surface area (Å²) in [6.45, 7) is 0. The van der Waals surface area contributed by atoms with Gasteiger partial charge < -0.3 is 0 Å². The van der Waals surface area contributed by atoms with Gasteiger partial charge in [0, 0.05) is 11.6 Å². The summed E-state index contributed by atoms with van der Waals surface area (Å²) in [5.74, 6) is 5.02. The maximum Gasteiger partial charge on any atom is 0.141 e. The lowest BCUT2D eigenvalue weighted by Crippen LogP contribution is -2.29. The normalized spacial score (nSPS) is 12.7. The average Bonchev–Trinajstić information content (AvgIpc) is 2.72. The van der Waals surface area contributed by atoms with E-state index >= 15 is 0 Å². The molecule has 0 radical (unpaired) electrons. The molecule has 0 saturated heterocycles. The minimum atomic E-state index is -0.386. The molecule has 6 heteroatoms. The number of aromatic nitrogens is 2. The molecular formula is C9H9FN4S. The molecule has 2 rings (SSSR count). The lowest BCUT2D eigenvalue weighted by molar-refractivity contribution is 0.592. The van der Waals surface area contributed by atoms with Crippen LogP contribution in [0.15, 0.2) is 29.4 Å². The predicted octanol–water partition coefficient (Wildman–Crippen LogP) is 1.23. The minimum Gasteiger partial charge on any atom is -0.271 e. The molecule has 0 aliphatic carbocycles. The molecule has 0 aromatic carbocycles.